The van der Waals surface area contributed by atoms with Crippen LogP contribution in [0.15, 0.2) is 16.7 Å². The topological polar surface area (TPSA) is 16.1 Å². The Bertz CT molecular complexity index is 341. The predicted octanol–water partition coefficient (Wildman–Crippen LogP) is 3.98. The first kappa shape index (κ1) is 12.8. The molecule has 2 nitrogen and oxygen atoms in total. The van der Waals surface area contributed by atoms with E-state index in [1.165, 1.54) is 0 Å². The van der Waals surface area contributed by atoms with Crippen molar-refractivity contribution in [1.82, 2.24) is 4.98 Å². The third-order valence-corrected chi connectivity index (χ3v) is 3.49. The summed E-state index contributed by atoms with van der Waals surface area (Å²) < 4.78 is 0.935. The van der Waals surface area contributed by atoms with Crippen LogP contribution in [0, 0.1) is 5.92 Å². The molecule has 15 heavy (non-hydrogen) atoms. The zero-order chi connectivity index (χ0) is 11.6. The number of hydrogen-bond donors (Lipinski definition) is 0. The normalized spacial score (nSPS) is 13.0. The molecule has 4 heteroatoms. The Labute approximate surface area is 105 Å². The molecule has 0 fully saturated rings. The van der Waals surface area contributed by atoms with Crippen LogP contribution in [0.5, 0.6) is 0 Å². The Morgan fingerprint density at radius 2 is 2.00 bits per heavy atom. The van der Waals surface area contributed by atoms with E-state index in [0.717, 1.165) is 10.3 Å². The quantitative estimate of drug-likeness (QED) is 0.837. The highest BCUT2D eigenvalue weighted by Crippen LogP contribution is 2.28. The summed E-state index contributed by atoms with van der Waals surface area (Å²) in [5.74, 6) is 1.51. The Morgan fingerprint density at radius 3 is 2.47 bits per heavy atom. The molecule has 0 aliphatic rings. The van der Waals surface area contributed by atoms with Gasteiger partial charge in [-0.05, 0) is 34.8 Å². The molecule has 0 N–H and O–H groups in total. The molecule has 0 spiro atoms. The summed E-state index contributed by atoms with van der Waals surface area (Å²) in [5.41, 5.74) is 0. The van der Waals surface area contributed by atoms with Crippen molar-refractivity contribution >= 4 is 33.3 Å². The van der Waals surface area contributed by atoms with E-state index in [-0.39, 0.29) is 0 Å². The van der Waals surface area contributed by atoms with Gasteiger partial charge in [-0.3, -0.25) is 0 Å². The molecule has 0 aliphatic heterocycles. The minimum atomic E-state index is 0.440. The van der Waals surface area contributed by atoms with Crippen LogP contribution in [0.1, 0.15) is 20.8 Å². The molecule has 0 saturated carbocycles. The number of aromatic nitrogens is 1. The van der Waals surface area contributed by atoms with Gasteiger partial charge in [-0.25, -0.2) is 4.98 Å². The lowest BCUT2D eigenvalue weighted by Gasteiger charge is -2.29. The molecule has 0 aromatic carbocycles. The smallest absolute Gasteiger partial charge is 0.142 e. The van der Waals surface area contributed by atoms with Crippen molar-refractivity contribution in [2.24, 2.45) is 5.92 Å². The Kier molecular flexibility index (Phi) is 4.41. The summed E-state index contributed by atoms with van der Waals surface area (Å²) in [6, 6.07) is 2.31. The van der Waals surface area contributed by atoms with Gasteiger partial charge in [0, 0.05) is 19.3 Å². The molecule has 0 saturated heterocycles. The molecular formula is C11H16BrClN2. The summed E-state index contributed by atoms with van der Waals surface area (Å²) in [6.45, 7) is 6.59. The van der Waals surface area contributed by atoms with Crippen molar-refractivity contribution in [1.29, 1.82) is 0 Å². The lowest BCUT2D eigenvalue weighted by Crippen LogP contribution is -2.33. The van der Waals surface area contributed by atoms with E-state index < -0.39 is 0 Å². The van der Waals surface area contributed by atoms with Crippen molar-refractivity contribution in [3.8, 4) is 0 Å². The molecule has 1 rings (SSSR count). The van der Waals surface area contributed by atoms with Crippen LogP contribution in [0.2, 0.25) is 5.02 Å². The number of halogens is 2. The van der Waals surface area contributed by atoms with Crippen molar-refractivity contribution in [3.63, 3.8) is 0 Å². The molecule has 1 atom stereocenters. The van der Waals surface area contributed by atoms with Crippen LogP contribution in [-0.4, -0.2) is 18.1 Å². The average molecular weight is 292 g/mol. The van der Waals surface area contributed by atoms with Crippen molar-refractivity contribution in [2.75, 3.05) is 11.9 Å². The second-order valence-electron chi connectivity index (χ2n) is 4.05. The van der Waals surface area contributed by atoms with Crippen molar-refractivity contribution in [2.45, 2.75) is 26.8 Å². The van der Waals surface area contributed by atoms with E-state index >= 15 is 0 Å². The first-order valence-corrected chi connectivity index (χ1v) is 6.14. The van der Waals surface area contributed by atoms with Gasteiger partial charge >= 0.3 is 0 Å². The fraction of sp³-hybridized carbons (Fsp3) is 0.545. The molecular weight excluding hydrogens is 275 g/mol. The number of anilines is 1. The van der Waals surface area contributed by atoms with Crippen LogP contribution in [0.25, 0.3) is 0 Å². The highest BCUT2D eigenvalue weighted by Gasteiger charge is 2.16. The zero-order valence-corrected chi connectivity index (χ0v) is 11.8. The van der Waals surface area contributed by atoms with Crippen molar-refractivity contribution < 1.29 is 0 Å². The Hall–Kier alpha value is -0.280. The van der Waals surface area contributed by atoms with Crippen LogP contribution < -0.4 is 4.90 Å². The van der Waals surface area contributed by atoms with Gasteiger partial charge in [-0.2, -0.15) is 0 Å². The maximum Gasteiger partial charge on any atom is 0.142 e. The summed E-state index contributed by atoms with van der Waals surface area (Å²) >= 11 is 9.33. The predicted molar refractivity (Wildman–Crippen MR) is 69.7 cm³/mol. The van der Waals surface area contributed by atoms with Crippen LogP contribution in [0.4, 0.5) is 5.82 Å². The second kappa shape index (κ2) is 5.17. The highest BCUT2D eigenvalue weighted by atomic mass is 79.9. The van der Waals surface area contributed by atoms with Gasteiger partial charge in [-0.15, -0.1) is 0 Å². The van der Waals surface area contributed by atoms with Gasteiger partial charge in [0.05, 0.1) is 9.50 Å². The SMILES string of the molecule is CC(C)C(C)N(C)c1ncc(Cl)cc1Br. The number of pyridine rings is 1. The van der Waals surface area contributed by atoms with E-state index in [4.69, 9.17) is 11.6 Å². The van der Waals surface area contributed by atoms with Crippen LogP contribution in [0.3, 0.4) is 0 Å². The third-order valence-electron chi connectivity index (χ3n) is 2.70. The van der Waals surface area contributed by atoms with Gasteiger partial charge < -0.3 is 4.90 Å². The van der Waals surface area contributed by atoms with Crippen LogP contribution in [-0.2, 0) is 0 Å². The summed E-state index contributed by atoms with van der Waals surface area (Å²) in [6.07, 6.45) is 1.67. The minimum Gasteiger partial charge on any atom is -0.356 e. The molecule has 1 aromatic heterocycles. The van der Waals surface area contributed by atoms with Gasteiger partial charge in [0.2, 0.25) is 0 Å². The number of hydrogen-bond acceptors (Lipinski definition) is 2. The fourth-order valence-electron chi connectivity index (χ4n) is 1.31. The number of nitrogens with zero attached hydrogens (tertiary/aromatic N) is 2. The van der Waals surface area contributed by atoms with Gasteiger partial charge in [-0.1, -0.05) is 25.4 Å². The second-order valence-corrected chi connectivity index (χ2v) is 5.35. The van der Waals surface area contributed by atoms with E-state index in [9.17, 15) is 0 Å². The molecule has 0 aliphatic carbocycles. The summed E-state index contributed by atoms with van der Waals surface area (Å²) in [4.78, 5) is 6.49. The standard InChI is InChI=1S/C11H16BrClN2/c1-7(2)8(3)15(4)11-10(12)5-9(13)6-14-11/h5-8H,1-4H3. The largest absolute Gasteiger partial charge is 0.356 e. The molecule has 0 amide bonds. The molecule has 1 unspecified atom stereocenters. The summed E-state index contributed by atoms with van der Waals surface area (Å²) in [5, 5.41) is 0.649. The molecule has 1 heterocycles. The monoisotopic (exact) mass is 290 g/mol. The van der Waals surface area contributed by atoms with Crippen molar-refractivity contribution in [3.05, 3.63) is 21.8 Å². The maximum absolute atomic E-state index is 5.85. The third kappa shape index (κ3) is 3.08. The Morgan fingerprint density at radius 1 is 1.40 bits per heavy atom. The van der Waals surface area contributed by atoms with Gasteiger partial charge in [0.15, 0.2) is 0 Å². The molecule has 0 bridgehead atoms. The maximum atomic E-state index is 5.85. The average Bonchev–Trinajstić information content (AvgIpc) is 2.15. The first-order valence-electron chi connectivity index (χ1n) is 4.97. The zero-order valence-electron chi connectivity index (χ0n) is 9.46. The number of rotatable bonds is 3. The van der Waals surface area contributed by atoms with Crippen LogP contribution >= 0.6 is 27.5 Å². The van der Waals surface area contributed by atoms with Gasteiger partial charge in [0.25, 0.3) is 0 Å². The highest BCUT2D eigenvalue weighted by molar-refractivity contribution is 9.10. The fourth-order valence-corrected chi connectivity index (χ4v) is 2.23. The minimum absolute atomic E-state index is 0.440. The first-order chi connectivity index (χ1) is 6.93. The van der Waals surface area contributed by atoms with E-state index in [1.807, 2.05) is 13.1 Å². The Balaban J connectivity index is 2.96. The lowest BCUT2D eigenvalue weighted by atomic mass is 10.1. The van der Waals surface area contributed by atoms with E-state index in [2.05, 4.69) is 46.6 Å². The lowest BCUT2D eigenvalue weighted by molar-refractivity contribution is 0.502. The molecule has 1 aromatic rings. The van der Waals surface area contributed by atoms with E-state index in [0.29, 0.717) is 17.0 Å². The summed E-state index contributed by atoms with van der Waals surface area (Å²) in [7, 11) is 2.05. The van der Waals surface area contributed by atoms with Gasteiger partial charge in [0.1, 0.15) is 5.82 Å². The van der Waals surface area contributed by atoms with E-state index in [1.54, 1.807) is 6.20 Å². The molecule has 0 radical (unpaired) electrons. The molecule has 84 valence electrons.